The Balaban J connectivity index is 1.71. The van der Waals surface area contributed by atoms with Crippen molar-refractivity contribution >= 4 is 23.4 Å². The van der Waals surface area contributed by atoms with E-state index < -0.39 is 0 Å². The average Bonchev–Trinajstić information content (AvgIpc) is 3.00. The Labute approximate surface area is 129 Å². The predicted octanol–water partition coefficient (Wildman–Crippen LogP) is 4.09. The van der Waals surface area contributed by atoms with Gasteiger partial charge in [-0.3, -0.25) is 4.79 Å². The van der Waals surface area contributed by atoms with Crippen molar-refractivity contribution in [2.45, 2.75) is 32.1 Å². The lowest BCUT2D eigenvalue weighted by atomic mass is 9.96. The van der Waals surface area contributed by atoms with E-state index in [0.717, 1.165) is 19.1 Å². The second-order valence-electron chi connectivity index (χ2n) is 5.26. The minimum absolute atomic E-state index is 0.173. The monoisotopic (exact) mass is 300 g/mol. The lowest BCUT2D eigenvalue weighted by molar-refractivity contribution is -0.122. The number of carbonyl (C=O) groups is 2. The minimum atomic E-state index is -0.173. The molecule has 0 aliphatic heterocycles. The van der Waals surface area contributed by atoms with Crippen LogP contribution in [-0.2, 0) is 22.4 Å². The first-order chi connectivity index (χ1) is 10.3. The fourth-order valence-corrected chi connectivity index (χ4v) is 3.18. The van der Waals surface area contributed by atoms with Gasteiger partial charge in [0.1, 0.15) is 12.1 Å². The summed E-state index contributed by atoms with van der Waals surface area (Å²) >= 11 is 1.64. The van der Waals surface area contributed by atoms with Crippen LogP contribution < -0.4 is 0 Å². The third-order valence-corrected chi connectivity index (χ3v) is 4.39. The molecule has 21 heavy (non-hydrogen) atoms. The van der Waals surface area contributed by atoms with Crippen LogP contribution in [0.5, 0.6) is 0 Å². The molecule has 110 valence electrons. The van der Waals surface area contributed by atoms with Crippen LogP contribution in [0.4, 0.5) is 0 Å². The van der Waals surface area contributed by atoms with Crippen molar-refractivity contribution in [1.29, 1.82) is 0 Å². The van der Waals surface area contributed by atoms with E-state index in [1.807, 2.05) is 35.7 Å². The zero-order valence-corrected chi connectivity index (χ0v) is 12.9. The maximum absolute atomic E-state index is 12.0. The molecular weight excluding hydrogens is 280 g/mol. The number of benzene rings is 1. The number of carbonyl (C=O) groups excluding carboxylic acids is 2. The Morgan fingerprint density at radius 2 is 1.95 bits per heavy atom. The molecule has 1 aromatic carbocycles. The van der Waals surface area contributed by atoms with Gasteiger partial charge < -0.3 is 4.79 Å². The SMILES string of the molecule is O=CC(CC(=O)CCCc1ccccc1)Cc1cccs1. The van der Waals surface area contributed by atoms with Crippen LogP contribution in [0.1, 0.15) is 29.7 Å². The minimum Gasteiger partial charge on any atom is -0.303 e. The first-order valence-corrected chi connectivity index (χ1v) is 8.19. The zero-order chi connectivity index (χ0) is 14.9. The molecule has 1 aromatic heterocycles. The average molecular weight is 300 g/mol. The Morgan fingerprint density at radius 3 is 2.62 bits per heavy atom. The summed E-state index contributed by atoms with van der Waals surface area (Å²) in [7, 11) is 0. The van der Waals surface area contributed by atoms with E-state index in [0.29, 0.717) is 19.3 Å². The summed E-state index contributed by atoms with van der Waals surface area (Å²) in [5.41, 5.74) is 1.26. The number of aldehydes is 1. The molecule has 0 spiro atoms. The molecule has 0 aliphatic carbocycles. The highest BCUT2D eigenvalue weighted by molar-refractivity contribution is 7.09. The van der Waals surface area contributed by atoms with Gasteiger partial charge in [-0.25, -0.2) is 0 Å². The van der Waals surface area contributed by atoms with Crippen LogP contribution in [0.2, 0.25) is 0 Å². The third kappa shape index (κ3) is 5.64. The van der Waals surface area contributed by atoms with Crippen molar-refractivity contribution in [2.24, 2.45) is 5.92 Å². The van der Waals surface area contributed by atoms with Gasteiger partial charge >= 0.3 is 0 Å². The maximum Gasteiger partial charge on any atom is 0.133 e. The fraction of sp³-hybridized carbons (Fsp3) is 0.333. The summed E-state index contributed by atoms with van der Waals surface area (Å²) in [5.74, 6) is 0.0208. The first-order valence-electron chi connectivity index (χ1n) is 7.31. The number of hydrogen-bond donors (Lipinski definition) is 0. The summed E-state index contributed by atoms with van der Waals surface area (Å²) in [6, 6.07) is 14.2. The Kier molecular flexibility index (Phi) is 6.35. The molecule has 2 rings (SSSR count). The van der Waals surface area contributed by atoms with E-state index in [2.05, 4.69) is 12.1 Å². The summed E-state index contributed by atoms with van der Waals surface area (Å²) in [5, 5.41) is 2.00. The summed E-state index contributed by atoms with van der Waals surface area (Å²) in [4.78, 5) is 24.3. The standard InChI is InChI=1S/C18H20O2S/c19-14-16(13-18-10-5-11-21-18)12-17(20)9-4-8-15-6-2-1-3-7-15/h1-3,5-7,10-11,14,16H,4,8-9,12-13H2. The van der Waals surface area contributed by atoms with Crippen LogP contribution in [0.3, 0.4) is 0 Å². The Hall–Kier alpha value is -1.74. The van der Waals surface area contributed by atoms with Gasteiger partial charge in [-0.1, -0.05) is 36.4 Å². The molecule has 0 aliphatic rings. The summed E-state index contributed by atoms with van der Waals surface area (Å²) in [6.45, 7) is 0. The summed E-state index contributed by atoms with van der Waals surface area (Å²) < 4.78 is 0. The molecule has 2 aromatic rings. The molecule has 0 saturated carbocycles. The molecule has 0 N–H and O–H groups in total. The highest BCUT2D eigenvalue weighted by Crippen LogP contribution is 2.17. The van der Waals surface area contributed by atoms with Crippen LogP contribution in [0.25, 0.3) is 0 Å². The van der Waals surface area contributed by atoms with E-state index in [9.17, 15) is 9.59 Å². The van der Waals surface area contributed by atoms with Gasteiger partial charge in [0.2, 0.25) is 0 Å². The van der Waals surface area contributed by atoms with Crippen LogP contribution in [0, 0.1) is 5.92 Å². The van der Waals surface area contributed by atoms with Crippen molar-refractivity contribution in [1.82, 2.24) is 0 Å². The number of Topliss-reactive ketones (excluding diaryl/α,β-unsaturated/α-hetero) is 1. The Bertz CT molecular complexity index is 546. The van der Waals surface area contributed by atoms with Crippen molar-refractivity contribution in [3.63, 3.8) is 0 Å². The van der Waals surface area contributed by atoms with Gasteiger partial charge in [0, 0.05) is 23.6 Å². The van der Waals surface area contributed by atoms with E-state index in [1.165, 1.54) is 10.4 Å². The van der Waals surface area contributed by atoms with Crippen molar-refractivity contribution in [3.8, 4) is 0 Å². The molecule has 0 fully saturated rings. The second-order valence-corrected chi connectivity index (χ2v) is 6.29. The molecule has 2 nitrogen and oxygen atoms in total. The van der Waals surface area contributed by atoms with Crippen LogP contribution in [0.15, 0.2) is 47.8 Å². The fourth-order valence-electron chi connectivity index (χ4n) is 2.38. The smallest absolute Gasteiger partial charge is 0.133 e. The van der Waals surface area contributed by atoms with Crippen molar-refractivity contribution < 1.29 is 9.59 Å². The molecule has 0 amide bonds. The van der Waals surface area contributed by atoms with Gasteiger partial charge in [-0.15, -0.1) is 11.3 Å². The normalized spacial score (nSPS) is 12.0. The van der Waals surface area contributed by atoms with E-state index in [-0.39, 0.29) is 11.7 Å². The largest absolute Gasteiger partial charge is 0.303 e. The topological polar surface area (TPSA) is 34.1 Å². The van der Waals surface area contributed by atoms with E-state index in [1.54, 1.807) is 11.3 Å². The lowest BCUT2D eigenvalue weighted by Crippen LogP contribution is -2.12. The van der Waals surface area contributed by atoms with Gasteiger partial charge in [0.15, 0.2) is 0 Å². The second kappa shape index (κ2) is 8.53. The predicted molar refractivity (Wildman–Crippen MR) is 86.6 cm³/mol. The number of ketones is 1. The summed E-state index contributed by atoms with van der Waals surface area (Å²) in [6.07, 6.45) is 4.32. The number of thiophene rings is 1. The molecule has 0 radical (unpaired) electrons. The molecule has 1 heterocycles. The molecular formula is C18H20O2S. The van der Waals surface area contributed by atoms with Crippen LogP contribution in [-0.4, -0.2) is 12.1 Å². The van der Waals surface area contributed by atoms with Crippen molar-refractivity contribution in [2.75, 3.05) is 0 Å². The van der Waals surface area contributed by atoms with Gasteiger partial charge in [0.05, 0.1) is 0 Å². The number of aryl methyl sites for hydroxylation is 1. The highest BCUT2D eigenvalue weighted by Gasteiger charge is 2.14. The van der Waals surface area contributed by atoms with Crippen LogP contribution >= 0.6 is 11.3 Å². The number of rotatable bonds is 9. The molecule has 0 saturated heterocycles. The van der Waals surface area contributed by atoms with Gasteiger partial charge in [0.25, 0.3) is 0 Å². The molecule has 1 atom stereocenters. The molecule has 3 heteroatoms. The lowest BCUT2D eigenvalue weighted by Gasteiger charge is -2.08. The third-order valence-electron chi connectivity index (χ3n) is 3.49. The van der Waals surface area contributed by atoms with E-state index in [4.69, 9.17) is 0 Å². The quantitative estimate of drug-likeness (QED) is 0.654. The van der Waals surface area contributed by atoms with Gasteiger partial charge in [-0.05, 0) is 36.3 Å². The maximum atomic E-state index is 12.0. The zero-order valence-electron chi connectivity index (χ0n) is 12.0. The van der Waals surface area contributed by atoms with Crippen molar-refractivity contribution in [3.05, 3.63) is 58.3 Å². The highest BCUT2D eigenvalue weighted by atomic mass is 32.1. The van der Waals surface area contributed by atoms with Gasteiger partial charge in [-0.2, -0.15) is 0 Å². The molecule has 0 bridgehead atoms. The molecule has 1 unspecified atom stereocenters. The van der Waals surface area contributed by atoms with E-state index >= 15 is 0 Å². The first kappa shape index (κ1) is 15.6. The number of hydrogen-bond acceptors (Lipinski definition) is 3. The Morgan fingerprint density at radius 1 is 1.14 bits per heavy atom.